The molecule has 0 aromatic heterocycles. The molecule has 13 heavy (non-hydrogen) atoms. The molecule has 0 unspecified atom stereocenters. The number of nitrogens with zero attached hydrogens (tertiary/aromatic N) is 1. The first kappa shape index (κ1) is 8.97. The number of hydrogen-bond acceptors (Lipinski definition) is 3. The summed E-state index contributed by atoms with van der Waals surface area (Å²) in [6.07, 6.45) is 2.43. The number of carbonyl (C=O) groups is 1. The van der Waals surface area contributed by atoms with E-state index in [1.807, 2.05) is 0 Å². The van der Waals surface area contributed by atoms with Gasteiger partial charge >= 0.3 is 0 Å². The minimum absolute atomic E-state index is 0.177. The van der Waals surface area contributed by atoms with Crippen LogP contribution in [0.3, 0.4) is 0 Å². The van der Waals surface area contributed by atoms with Crippen LogP contribution < -0.4 is 5.32 Å². The molecule has 2 aliphatic rings. The Morgan fingerprint density at radius 1 is 1.46 bits per heavy atom. The van der Waals surface area contributed by atoms with Gasteiger partial charge in [0.15, 0.2) is 0 Å². The van der Waals surface area contributed by atoms with Crippen LogP contribution in [0.5, 0.6) is 0 Å². The fourth-order valence-electron chi connectivity index (χ4n) is 1.52. The molecule has 0 atom stereocenters. The van der Waals surface area contributed by atoms with E-state index in [-0.39, 0.29) is 12.5 Å². The maximum atomic E-state index is 11.4. The Morgan fingerprint density at radius 2 is 2.15 bits per heavy atom. The molecule has 2 rings (SSSR count). The largest absolute Gasteiger partial charge is 0.396 e. The van der Waals surface area contributed by atoms with Crippen molar-refractivity contribution in [3.63, 3.8) is 0 Å². The van der Waals surface area contributed by atoms with E-state index >= 15 is 0 Å². The highest BCUT2D eigenvalue weighted by Gasteiger charge is 2.30. The van der Waals surface area contributed by atoms with Crippen LogP contribution in [0.1, 0.15) is 12.8 Å². The van der Waals surface area contributed by atoms with Crippen molar-refractivity contribution in [2.75, 3.05) is 26.2 Å². The molecule has 2 N–H and O–H groups in total. The molecule has 1 aliphatic carbocycles. The third-order valence-corrected chi connectivity index (χ3v) is 2.69. The molecule has 1 saturated carbocycles. The molecule has 1 amide bonds. The Labute approximate surface area is 77.9 Å². The van der Waals surface area contributed by atoms with E-state index < -0.39 is 0 Å². The van der Waals surface area contributed by atoms with Gasteiger partial charge < -0.3 is 15.3 Å². The fourth-order valence-corrected chi connectivity index (χ4v) is 1.52. The van der Waals surface area contributed by atoms with Gasteiger partial charge in [0.2, 0.25) is 5.91 Å². The lowest BCUT2D eigenvalue weighted by atomic mass is 10.0. The summed E-state index contributed by atoms with van der Waals surface area (Å²) in [5.41, 5.74) is 0. The van der Waals surface area contributed by atoms with Crippen molar-refractivity contribution >= 4 is 5.91 Å². The second-order valence-electron chi connectivity index (χ2n) is 4.00. The quantitative estimate of drug-likeness (QED) is 0.601. The van der Waals surface area contributed by atoms with E-state index in [1.54, 1.807) is 4.90 Å². The normalized spacial score (nSPS) is 23.0. The molecule has 1 saturated heterocycles. The lowest BCUT2D eigenvalue weighted by molar-refractivity contribution is -0.137. The van der Waals surface area contributed by atoms with E-state index in [0.29, 0.717) is 18.5 Å². The third-order valence-electron chi connectivity index (χ3n) is 2.69. The number of hydrogen-bond donors (Lipinski definition) is 2. The van der Waals surface area contributed by atoms with Crippen LogP contribution in [0.4, 0.5) is 0 Å². The first-order valence-electron chi connectivity index (χ1n) is 4.91. The minimum atomic E-state index is 0.177. The highest BCUT2D eigenvalue weighted by atomic mass is 16.3. The van der Waals surface area contributed by atoms with Crippen molar-refractivity contribution in [2.24, 2.45) is 5.92 Å². The number of nitrogens with one attached hydrogen (secondary N) is 1. The van der Waals surface area contributed by atoms with Crippen LogP contribution in [0.15, 0.2) is 0 Å². The SMILES string of the molecule is O=C(CNC1CC1)N1CC(CO)C1. The molecular formula is C9H16N2O2. The first-order chi connectivity index (χ1) is 6.29. The van der Waals surface area contributed by atoms with Crippen molar-refractivity contribution in [1.82, 2.24) is 10.2 Å². The van der Waals surface area contributed by atoms with E-state index in [9.17, 15) is 4.79 Å². The van der Waals surface area contributed by atoms with Gasteiger partial charge in [0.05, 0.1) is 6.54 Å². The van der Waals surface area contributed by atoms with Gasteiger partial charge in [-0.05, 0) is 12.8 Å². The average molecular weight is 184 g/mol. The molecule has 0 bridgehead atoms. The van der Waals surface area contributed by atoms with E-state index in [4.69, 9.17) is 5.11 Å². The number of carbonyl (C=O) groups excluding carboxylic acids is 1. The number of rotatable bonds is 4. The van der Waals surface area contributed by atoms with Crippen LogP contribution in [-0.2, 0) is 4.79 Å². The topological polar surface area (TPSA) is 52.6 Å². The molecule has 1 heterocycles. The van der Waals surface area contributed by atoms with Crippen LogP contribution in [0.2, 0.25) is 0 Å². The van der Waals surface area contributed by atoms with E-state index in [2.05, 4.69) is 5.32 Å². The van der Waals surface area contributed by atoms with Gasteiger partial charge in [-0.1, -0.05) is 0 Å². The van der Waals surface area contributed by atoms with Crippen molar-refractivity contribution in [2.45, 2.75) is 18.9 Å². The Kier molecular flexibility index (Phi) is 2.51. The van der Waals surface area contributed by atoms with Gasteiger partial charge in [0.25, 0.3) is 0 Å². The van der Waals surface area contributed by atoms with Crippen LogP contribution in [0, 0.1) is 5.92 Å². The lowest BCUT2D eigenvalue weighted by Crippen LogP contribution is -2.53. The summed E-state index contributed by atoms with van der Waals surface area (Å²) in [5, 5.41) is 11.9. The Morgan fingerprint density at radius 3 is 2.69 bits per heavy atom. The van der Waals surface area contributed by atoms with Gasteiger partial charge in [0.1, 0.15) is 0 Å². The summed E-state index contributed by atoms with van der Waals surface area (Å²) in [6.45, 7) is 2.16. The number of aliphatic hydroxyl groups is 1. The van der Waals surface area contributed by atoms with Gasteiger partial charge in [-0.25, -0.2) is 0 Å². The molecule has 0 spiro atoms. The van der Waals surface area contributed by atoms with Gasteiger partial charge in [-0.3, -0.25) is 4.79 Å². The molecule has 0 aromatic rings. The van der Waals surface area contributed by atoms with Crippen molar-refractivity contribution in [1.29, 1.82) is 0 Å². The summed E-state index contributed by atoms with van der Waals surface area (Å²) in [6, 6.07) is 0.596. The Hall–Kier alpha value is -0.610. The maximum Gasteiger partial charge on any atom is 0.236 e. The van der Waals surface area contributed by atoms with E-state index in [0.717, 1.165) is 13.1 Å². The Bertz CT molecular complexity index is 198. The minimum Gasteiger partial charge on any atom is -0.396 e. The molecule has 2 fully saturated rings. The maximum absolute atomic E-state index is 11.4. The van der Waals surface area contributed by atoms with Crippen molar-refractivity contribution in [3.8, 4) is 0 Å². The molecule has 4 heteroatoms. The summed E-state index contributed by atoms with van der Waals surface area (Å²) >= 11 is 0. The monoisotopic (exact) mass is 184 g/mol. The number of likely N-dealkylation sites (tertiary alicyclic amines) is 1. The van der Waals surface area contributed by atoms with Crippen molar-refractivity contribution < 1.29 is 9.90 Å². The summed E-state index contributed by atoms with van der Waals surface area (Å²) in [4.78, 5) is 13.2. The Balaban J connectivity index is 1.61. The summed E-state index contributed by atoms with van der Waals surface area (Å²) in [7, 11) is 0. The zero-order valence-corrected chi connectivity index (χ0v) is 7.70. The second kappa shape index (κ2) is 3.64. The van der Waals surface area contributed by atoms with Crippen LogP contribution in [0.25, 0.3) is 0 Å². The zero-order chi connectivity index (χ0) is 9.26. The van der Waals surface area contributed by atoms with Gasteiger partial charge in [-0.2, -0.15) is 0 Å². The predicted molar refractivity (Wildman–Crippen MR) is 48.2 cm³/mol. The lowest BCUT2D eigenvalue weighted by Gasteiger charge is -2.38. The smallest absolute Gasteiger partial charge is 0.236 e. The molecular weight excluding hydrogens is 168 g/mol. The highest BCUT2D eigenvalue weighted by molar-refractivity contribution is 5.79. The first-order valence-corrected chi connectivity index (χ1v) is 4.91. The molecule has 74 valence electrons. The number of aliphatic hydroxyl groups excluding tert-OH is 1. The molecule has 4 nitrogen and oxygen atoms in total. The van der Waals surface area contributed by atoms with Crippen molar-refractivity contribution in [3.05, 3.63) is 0 Å². The van der Waals surface area contributed by atoms with Gasteiger partial charge in [-0.15, -0.1) is 0 Å². The van der Waals surface area contributed by atoms with Crippen LogP contribution in [-0.4, -0.2) is 48.2 Å². The molecule has 0 aromatic carbocycles. The summed E-state index contributed by atoms with van der Waals surface area (Å²) < 4.78 is 0. The third kappa shape index (κ3) is 2.19. The predicted octanol–water partition coefficient (Wildman–Crippen LogP) is -0.811. The van der Waals surface area contributed by atoms with Gasteiger partial charge in [0, 0.05) is 31.7 Å². The van der Waals surface area contributed by atoms with E-state index in [1.165, 1.54) is 12.8 Å². The standard InChI is InChI=1S/C9H16N2O2/c12-6-7-4-11(5-7)9(13)3-10-8-1-2-8/h7-8,10,12H,1-6H2. The van der Waals surface area contributed by atoms with Crippen LogP contribution >= 0.6 is 0 Å². The highest BCUT2D eigenvalue weighted by Crippen LogP contribution is 2.19. The number of amides is 1. The average Bonchev–Trinajstić information content (AvgIpc) is 2.81. The zero-order valence-electron chi connectivity index (χ0n) is 7.70. The summed E-state index contributed by atoms with van der Waals surface area (Å²) in [5.74, 6) is 0.501. The molecule has 1 aliphatic heterocycles. The second-order valence-corrected chi connectivity index (χ2v) is 4.00. The molecule has 0 radical (unpaired) electrons. The fraction of sp³-hybridized carbons (Fsp3) is 0.889.